The Hall–Kier alpha value is -1.53. The molecule has 0 aromatic heterocycles. The van der Waals surface area contributed by atoms with Crippen LogP contribution in [0, 0.1) is 28.6 Å². The molecular formula is C23H29ClO6. The zero-order chi connectivity index (χ0) is 22.1. The van der Waals surface area contributed by atoms with Gasteiger partial charge in [0.1, 0.15) is 11.4 Å². The van der Waals surface area contributed by atoms with Gasteiger partial charge in [0.15, 0.2) is 12.4 Å². The summed E-state index contributed by atoms with van der Waals surface area (Å²) in [6.07, 6.45) is 4.18. The number of hydrogen-bond acceptors (Lipinski definition) is 6. The minimum atomic E-state index is -1.70. The van der Waals surface area contributed by atoms with E-state index in [1.54, 1.807) is 6.08 Å². The summed E-state index contributed by atoms with van der Waals surface area (Å²) in [7, 11) is 0. The van der Waals surface area contributed by atoms with Crippen LogP contribution in [0.25, 0.3) is 0 Å². The maximum absolute atomic E-state index is 13.5. The van der Waals surface area contributed by atoms with Crippen LogP contribution in [0.4, 0.5) is 0 Å². The van der Waals surface area contributed by atoms with Gasteiger partial charge in [-0.2, -0.15) is 0 Å². The molecule has 6 nitrogen and oxygen atoms in total. The Bertz CT molecular complexity index is 864. The molecule has 1 N–H and O–H groups in total. The molecule has 30 heavy (non-hydrogen) atoms. The molecule has 0 amide bonds. The average molecular weight is 437 g/mol. The first kappa shape index (κ1) is 21.7. The predicted molar refractivity (Wildman–Crippen MR) is 109 cm³/mol. The summed E-state index contributed by atoms with van der Waals surface area (Å²) in [5, 5.41) is 11.1. The van der Waals surface area contributed by atoms with E-state index >= 15 is 0 Å². The Morgan fingerprint density at radius 2 is 1.97 bits per heavy atom. The van der Waals surface area contributed by atoms with E-state index in [9.17, 15) is 24.3 Å². The van der Waals surface area contributed by atoms with Gasteiger partial charge in [-0.3, -0.25) is 19.2 Å². The smallest absolute Gasteiger partial charge is 0.303 e. The maximum Gasteiger partial charge on any atom is 0.303 e. The Kier molecular flexibility index (Phi) is 5.06. The highest BCUT2D eigenvalue weighted by Crippen LogP contribution is 2.67. The third-order valence-corrected chi connectivity index (χ3v) is 9.06. The average Bonchev–Trinajstić information content (AvgIpc) is 2.93. The fraction of sp³-hybridized carbons (Fsp3) is 0.739. The van der Waals surface area contributed by atoms with E-state index in [0.717, 1.165) is 5.57 Å². The van der Waals surface area contributed by atoms with Crippen LogP contribution in [0.3, 0.4) is 0 Å². The molecule has 0 spiro atoms. The van der Waals surface area contributed by atoms with Crippen LogP contribution in [-0.4, -0.2) is 46.0 Å². The number of carbonyl (C=O) groups is 4. The van der Waals surface area contributed by atoms with E-state index in [2.05, 4.69) is 0 Å². The summed E-state index contributed by atoms with van der Waals surface area (Å²) in [6.45, 7) is 4.60. The fourth-order valence-electron chi connectivity index (χ4n) is 7.14. The molecule has 3 saturated carbocycles. The summed E-state index contributed by atoms with van der Waals surface area (Å²) >= 11 is 6.75. The lowest BCUT2D eigenvalue weighted by atomic mass is 9.45. The minimum absolute atomic E-state index is 0.0330. The SMILES string of the molecule is CC(=O)OCC(=O)C1(O)CCC2C3CC(Cl)C4=CC(=O)CCC4(C)C3C(=O)CC21C. The van der Waals surface area contributed by atoms with Gasteiger partial charge < -0.3 is 9.84 Å². The van der Waals surface area contributed by atoms with E-state index < -0.39 is 34.8 Å². The highest BCUT2D eigenvalue weighted by molar-refractivity contribution is 6.23. The maximum atomic E-state index is 13.5. The third-order valence-electron chi connectivity index (χ3n) is 8.65. The Morgan fingerprint density at radius 1 is 1.27 bits per heavy atom. The molecule has 4 rings (SSSR count). The second-order valence-electron chi connectivity index (χ2n) is 10.1. The van der Waals surface area contributed by atoms with Crippen molar-refractivity contribution in [1.29, 1.82) is 0 Å². The van der Waals surface area contributed by atoms with Gasteiger partial charge in [-0.05, 0) is 49.2 Å². The van der Waals surface area contributed by atoms with Gasteiger partial charge in [-0.25, -0.2) is 0 Å². The van der Waals surface area contributed by atoms with Crippen molar-refractivity contribution < 1.29 is 29.0 Å². The number of esters is 1. The number of Topliss-reactive ketones (excluding diaryl/α,β-unsaturated/α-hetero) is 2. The molecular weight excluding hydrogens is 408 g/mol. The Balaban J connectivity index is 1.70. The number of hydrogen-bond donors (Lipinski definition) is 1. The number of halogens is 1. The molecule has 164 valence electrons. The van der Waals surface area contributed by atoms with E-state index in [4.69, 9.17) is 16.3 Å². The quantitative estimate of drug-likeness (QED) is 0.539. The lowest BCUT2D eigenvalue weighted by Gasteiger charge is -2.58. The first-order valence-corrected chi connectivity index (χ1v) is 11.2. The summed E-state index contributed by atoms with van der Waals surface area (Å²) in [6, 6.07) is 0. The van der Waals surface area contributed by atoms with E-state index in [1.165, 1.54) is 6.92 Å². The molecule has 0 aliphatic heterocycles. The number of carbonyl (C=O) groups excluding carboxylic acids is 4. The molecule has 0 aromatic carbocycles. The van der Waals surface area contributed by atoms with Crippen molar-refractivity contribution in [2.75, 3.05) is 6.61 Å². The zero-order valence-electron chi connectivity index (χ0n) is 17.7. The van der Waals surface area contributed by atoms with Crippen LogP contribution in [0.15, 0.2) is 11.6 Å². The third kappa shape index (κ3) is 2.86. The van der Waals surface area contributed by atoms with Crippen LogP contribution in [0.1, 0.15) is 59.3 Å². The Morgan fingerprint density at radius 3 is 2.63 bits per heavy atom. The molecule has 0 radical (unpaired) electrons. The molecule has 4 aliphatic rings. The van der Waals surface area contributed by atoms with Crippen LogP contribution in [-0.2, 0) is 23.9 Å². The molecule has 7 unspecified atom stereocenters. The number of fused-ring (bicyclic) bond motifs is 5. The second kappa shape index (κ2) is 6.99. The normalized spacial score (nSPS) is 45.2. The number of rotatable bonds is 3. The first-order valence-electron chi connectivity index (χ1n) is 10.7. The second-order valence-corrected chi connectivity index (χ2v) is 10.6. The molecule has 0 bridgehead atoms. The van der Waals surface area contributed by atoms with E-state index in [1.807, 2.05) is 13.8 Å². The van der Waals surface area contributed by atoms with Crippen molar-refractivity contribution in [3.63, 3.8) is 0 Å². The summed E-state index contributed by atoms with van der Waals surface area (Å²) < 4.78 is 4.86. The molecule has 3 fully saturated rings. The molecule has 4 aliphatic carbocycles. The van der Waals surface area contributed by atoms with Gasteiger partial charge in [0.05, 0.1) is 5.38 Å². The van der Waals surface area contributed by atoms with Gasteiger partial charge in [-0.15, -0.1) is 11.6 Å². The highest BCUT2D eigenvalue weighted by Gasteiger charge is 2.69. The van der Waals surface area contributed by atoms with Crippen LogP contribution < -0.4 is 0 Å². The first-order chi connectivity index (χ1) is 13.9. The topological polar surface area (TPSA) is 97.7 Å². The van der Waals surface area contributed by atoms with Crippen molar-refractivity contribution in [1.82, 2.24) is 0 Å². The molecule has 0 heterocycles. The molecule has 7 heteroatoms. The van der Waals surface area contributed by atoms with Crippen molar-refractivity contribution in [3.8, 4) is 0 Å². The van der Waals surface area contributed by atoms with Crippen LogP contribution in [0.2, 0.25) is 0 Å². The van der Waals surface area contributed by atoms with Crippen LogP contribution >= 0.6 is 11.6 Å². The molecule has 7 atom stereocenters. The summed E-state index contributed by atoms with van der Waals surface area (Å²) in [5.74, 6) is -1.37. The predicted octanol–water partition coefficient (Wildman–Crippen LogP) is 2.78. The summed E-state index contributed by atoms with van der Waals surface area (Å²) in [5.41, 5.74) is -2.20. The van der Waals surface area contributed by atoms with Gasteiger partial charge in [0.2, 0.25) is 5.78 Å². The number of ketones is 3. The standard InChI is InChI=1S/C23H29ClO6/c1-12(25)30-11-19(28)23(29)7-5-15-14-9-17(24)16-8-13(26)4-6-21(16,2)20(14)18(27)10-22(15,23)3/h8,14-15,17,20,29H,4-7,9-11H2,1-3H3. The molecule has 0 saturated heterocycles. The molecule has 0 aromatic rings. The summed E-state index contributed by atoms with van der Waals surface area (Å²) in [4.78, 5) is 49.6. The highest BCUT2D eigenvalue weighted by atomic mass is 35.5. The van der Waals surface area contributed by atoms with E-state index in [0.29, 0.717) is 25.7 Å². The van der Waals surface area contributed by atoms with Crippen molar-refractivity contribution in [3.05, 3.63) is 11.6 Å². The van der Waals surface area contributed by atoms with Gasteiger partial charge in [0, 0.05) is 36.5 Å². The number of allylic oxidation sites excluding steroid dienone is 1. The van der Waals surface area contributed by atoms with Crippen molar-refractivity contribution in [2.45, 2.75) is 70.3 Å². The van der Waals surface area contributed by atoms with Crippen LogP contribution in [0.5, 0.6) is 0 Å². The van der Waals surface area contributed by atoms with Gasteiger partial charge >= 0.3 is 5.97 Å². The number of ether oxygens (including phenoxy) is 1. The van der Waals surface area contributed by atoms with Gasteiger partial charge in [0.25, 0.3) is 0 Å². The van der Waals surface area contributed by atoms with Crippen molar-refractivity contribution >= 4 is 34.9 Å². The Labute approximate surface area is 181 Å². The van der Waals surface area contributed by atoms with Gasteiger partial charge in [-0.1, -0.05) is 13.8 Å². The lowest BCUT2D eigenvalue weighted by molar-refractivity contribution is -0.173. The number of aliphatic hydroxyl groups is 1. The zero-order valence-corrected chi connectivity index (χ0v) is 18.5. The van der Waals surface area contributed by atoms with E-state index in [-0.39, 0.29) is 47.5 Å². The fourth-order valence-corrected chi connectivity index (χ4v) is 7.66. The van der Waals surface area contributed by atoms with Crippen molar-refractivity contribution in [2.24, 2.45) is 28.6 Å². The largest absolute Gasteiger partial charge is 0.458 e. The monoisotopic (exact) mass is 436 g/mol. The lowest BCUT2D eigenvalue weighted by Crippen LogP contribution is -2.62. The number of alkyl halides is 1. The minimum Gasteiger partial charge on any atom is -0.458 e.